The molecule has 0 atom stereocenters. The van der Waals surface area contributed by atoms with E-state index in [4.69, 9.17) is 0 Å². The number of benzene rings is 2. The number of nitrogens with zero attached hydrogens (tertiary/aromatic N) is 1. The Kier molecular flexibility index (Phi) is 5.77. The van der Waals surface area contributed by atoms with Gasteiger partial charge in [0.1, 0.15) is 0 Å². The van der Waals surface area contributed by atoms with Gasteiger partial charge in [0.25, 0.3) is 5.91 Å². The van der Waals surface area contributed by atoms with Gasteiger partial charge in [-0.1, -0.05) is 24.3 Å². The van der Waals surface area contributed by atoms with Crippen LogP contribution in [0.5, 0.6) is 0 Å². The Hall–Kier alpha value is -2.33. The van der Waals surface area contributed by atoms with Crippen LogP contribution in [0.2, 0.25) is 0 Å². The van der Waals surface area contributed by atoms with Gasteiger partial charge in [-0.25, -0.2) is 0 Å². The molecule has 23 heavy (non-hydrogen) atoms. The lowest BCUT2D eigenvalue weighted by molar-refractivity contribution is 0.0952. The number of carbonyl (C=O) groups excluding carboxylic acids is 1. The van der Waals surface area contributed by atoms with Gasteiger partial charge < -0.3 is 15.5 Å². The molecule has 4 heteroatoms. The molecule has 0 saturated heterocycles. The van der Waals surface area contributed by atoms with Gasteiger partial charge in [0.2, 0.25) is 0 Å². The zero-order chi connectivity index (χ0) is 16.8. The highest BCUT2D eigenvalue weighted by Gasteiger charge is 2.11. The molecule has 0 aliphatic heterocycles. The first-order valence-corrected chi connectivity index (χ1v) is 7.84. The standard InChI is InChI=1S/C19H25N3O/c1-14-8-7-11-17(15(14)2)21-18-10-6-5-9-16(18)19(23)20-12-13-22(3)4/h5-11,21H,12-13H2,1-4H3,(H,20,23). The lowest BCUT2D eigenvalue weighted by atomic mass is 10.1. The Bertz CT molecular complexity index is 680. The van der Waals surface area contributed by atoms with Crippen molar-refractivity contribution >= 4 is 17.3 Å². The first-order valence-electron chi connectivity index (χ1n) is 7.84. The molecule has 0 unspecified atom stereocenters. The Morgan fingerprint density at radius 1 is 1.00 bits per heavy atom. The van der Waals surface area contributed by atoms with Crippen LogP contribution in [0.3, 0.4) is 0 Å². The van der Waals surface area contributed by atoms with Crippen molar-refractivity contribution in [2.45, 2.75) is 13.8 Å². The number of rotatable bonds is 6. The molecule has 2 N–H and O–H groups in total. The summed E-state index contributed by atoms with van der Waals surface area (Å²) in [6, 6.07) is 13.7. The molecule has 0 saturated carbocycles. The van der Waals surface area contributed by atoms with Crippen molar-refractivity contribution in [2.75, 3.05) is 32.5 Å². The summed E-state index contributed by atoms with van der Waals surface area (Å²) in [5, 5.41) is 6.35. The van der Waals surface area contributed by atoms with Gasteiger partial charge in [-0.2, -0.15) is 0 Å². The predicted octanol–water partition coefficient (Wildman–Crippen LogP) is 3.34. The first-order chi connectivity index (χ1) is 11.0. The minimum atomic E-state index is -0.0553. The van der Waals surface area contributed by atoms with Gasteiger partial charge >= 0.3 is 0 Å². The van der Waals surface area contributed by atoms with E-state index in [9.17, 15) is 4.79 Å². The molecule has 122 valence electrons. The minimum Gasteiger partial charge on any atom is -0.355 e. The van der Waals surface area contributed by atoms with Crippen molar-refractivity contribution in [3.8, 4) is 0 Å². The number of aryl methyl sites for hydroxylation is 1. The van der Waals surface area contributed by atoms with Gasteiger partial charge in [-0.3, -0.25) is 4.79 Å². The highest BCUT2D eigenvalue weighted by Crippen LogP contribution is 2.25. The van der Waals surface area contributed by atoms with Crippen LogP contribution in [0.4, 0.5) is 11.4 Å². The molecule has 2 rings (SSSR count). The van der Waals surface area contributed by atoms with Crippen molar-refractivity contribution in [3.63, 3.8) is 0 Å². The topological polar surface area (TPSA) is 44.4 Å². The van der Waals surface area contributed by atoms with E-state index in [0.29, 0.717) is 12.1 Å². The van der Waals surface area contributed by atoms with Crippen LogP contribution in [0.25, 0.3) is 0 Å². The second kappa shape index (κ2) is 7.79. The molecule has 0 bridgehead atoms. The third-order valence-corrected chi connectivity index (χ3v) is 3.89. The van der Waals surface area contributed by atoms with E-state index in [0.717, 1.165) is 17.9 Å². The van der Waals surface area contributed by atoms with Crippen molar-refractivity contribution in [2.24, 2.45) is 0 Å². The highest BCUT2D eigenvalue weighted by molar-refractivity contribution is 6.00. The van der Waals surface area contributed by atoms with E-state index in [2.05, 4.69) is 30.5 Å². The highest BCUT2D eigenvalue weighted by atomic mass is 16.1. The number of likely N-dealkylation sites (N-methyl/N-ethyl adjacent to an activating group) is 1. The number of hydrogen-bond donors (Lipinski definition) is 2. The largest absolute Gasteiger partial charge is 0.355 e. The van der Waals surface area contributed by atoms with Crippen LogP contribution in [0, 0.1) is 13.8 Å². The molecule has 2 aromatic rings. The lowest BCUT2D eigenvalue weighted by Gasteiger charge is -2.15. The fourth-order valence-electron chi connectivity index (χ4n) is 2.31. The van der Waals surface area contributed by atoms with Crippen LogP contribution < -0.4 is 10.6 Å². The summed E-state index contributed by atoms with van der Waals surface area (Å²) in [5.74, 6) is -0.0553. The summed E-state index contributed by atoms with van der Waals surface area (Å²) < 4.78 is 0. The molecule has 1 amide bonds. The summed E-state index contributed by atoms with van der Waals surface area (Å²) in [6.45, 7) is 5.61. The van der Waals surface area contributed by atoms with E-state index >= 15 is 0 Å². The zero-order valence-corrected chi connectivity index (χ0v) is 14.3. The molecule has 0 fully saturated rings. The SMILES string of the molecule is Cc1cccc(Nc2ccccc2C(=O)NCCN(C)C)c1C. The average Bonchev–Trinajstić information content (AvgIpc) is 2.52. The van der Waals surface area contributed by atoms with Crippen molar-refractivity contribution in [1.29, 1.82) is 0 Å². The number of para-hydroxylation sites is 1. The maximum Gasteiger partial charge on any atom is 0.253 e. The smallest absolute Gasteiger partial charge is 0.253 e. The molecule has 0 aromatic heterocycles. The first kappa shape index (κ1) is 17.0. The van der Waals surface area contributed by atoms with Gasteiger partial charge in [0.05, 0.1) is 11.3 Å². The molecule has 0 radical (unpaired) electrons. The number of hydrogen-bond acceptors (Lipinski definition) is 3. The van der Waals surface area contributed by atoms with Crippen molar-refractivity contribution in [1.82, 2.24) is 10.2 Å². The van der Waals surface area contributed by atoms with Crippen LogP contribution in [-0.4, -0.2) is 38.0 Å². The second-order valence-corrected chi connectivity index (χ2v) is 5.98. The van der Waals surface area contributed by atoms with Crippen LogP contribution in [0.15, 0.2) is 42.5 Å². The second-order valence-electron chi connectivity index (χ2n) is 5.98. The van der Waals surface area contributed by atoms with E-state index in [1.54, 1.807) is 0 Å². The fourth-order valence-corrected chi connectivity index (χ4v) is 2.31. The Balaban J connectivity index is 2.17. The Labute approximate surface area is 138 Å². The summed E-state index contributed by atoms with van der Waals surface area (Å²) in [4.78, 5) is 14.5. The molecular formula is C19H25N3O. The van der Waals surface area contributed by atoms with Gasteiger partial charge in [-0.15, -0.1) is 0 Å². The molecule has 4 nitrogen and oxygen atoms in total. The van der Waals surface area contributed by atoms with Gasteiger partial charge in [-0.05, 0) is 57.3 Å². The number of anilines is 2. The normalized spacial score (nSPS) is 10.7. The molecule has 2 aromatic carbocycles. The minimum absolute atomic E-state index is 0.0553. The molecule has 0 aliphatic carbocycles. The Morgan fingerprint density at radius 3 is 2.43 bits per heavy atom. The van der Waals surface area contributed by atoms with E-state index in [1.807, 2.05) is 55.4 Å². The third kappa shape index (κ3) is 4.57. The van der Waals surface area contributed by atoms with Gasteiger partial charge in [0.15, 0.2) is 0 Å². The van der Waals surface area contributed by atoms with Crippen LogP contribution in [0.1, 0.15) is 21.5 Å². The third-order valence-electron chi connectivity index (χ3n) is 3.89. The average molecular weight is 311 g/mol. The monoisotopic (exact) mass is 311 g/mol. The fraction of sp³-hybridized carbons (Fsp3) is 0.316. The molecular weight excluding hydrogens is 286 g/mol. The molecule has 0 aliphatic rings. The number of carbonyl (C=O) groups is 1. The van der Waals surface area contributed by atoms with E-state index < -0.39 is 0 Å². The zero-order valence-electron chi connectivity index (χ0n) is 14.3. The maximum atomic E-state index is 12.4. The van der Waals surface area contributed by atoms with E-state index in [1.165, 1.54) is 11.1 Å². The quantitative estimate of drug-likeness (QED) is 0.860. The van der Waals surface area contributed by atoms with Crippen molar-refractivity contribution < 1.29 is 4.79 Å². The number of nitrogens with one attached hydrogen (secondary N) is 2. The maximum absolute atomic E-state index is 12.4. The van der Waals surface area contributed by atoms with Crippen molar-refractivity contribution in [3.05, 3.63) is 59.2 Å². The lowest BCUT2D eigenvalue weighted by Crippen LogP contribution is -2.31. The summed E-state index contributed by atoms with van der Waals surface area (Å²) in [5.41, 5.74) is 4.92. The Morgan fingerprint density at radius 2 is 1.70 bits per heavy atom. The number of amides is 1. The summed E-state index contributed by atoms with van der Waals surface area (Å²) >= 11 is 0. The van der Waals surface area contributed by atoms with Gasteiger partial charge in [0, 0.05) is 18.8 Å². The van der Waals surface area contributed by atoms with E-state index in [-0.39, 0.29) is 5.91 Å². The summed E-state index contributed by atoms with van der Waals surface area (Å²) in [6.07, 6.45) is 0. The van der Waals surface area contributed by atoms with Crippen LogP contribution in [-0.2, 0) is 0 Å². The molecule has 0 heterocycles. The molecule has 0 spiro atoms. The van der Waals surface area contributed by atoms with Crippen LogP contribution >= 0.6 is 0 Å². The predicted molar refractivity (Wildman–Crippen MR) is 96.5 cm³/mol. The summed E-state index contributed by atoms with van der Waals surface area (Å²) in [7, 11) is 3.98.